The highest BCUT2D eigenvalue weighted by Gasteiger charge is 2.33. The molecule has 2 bridgehead atoms. The third kappa shape index (κ3) is 0.968. The lowest BCUT2D eigenvalue weighted by Crippen LogP contribution is -2.30. The zero-order valence-corrected chi connectivity index (χ0v) is 6.77. The van der Waals surface area contributed by atoms with Crippen LogP contribution in [0, 0.1) is 11.8 Å². The van der Waals surface area contributed by atoms with Gasteiger partial charge in [0.25, 0.3) is 0 Å². The topological polar surface area (TPSA) is 12.0 Å². The standard InChI is InChI=1S/C9H17N/c1-2-8-4-3-7-5-9(8)10-6-7/h7-10H,2-6H2,1H3. The van der Waals surface area contributed by atoms with Gasteiger partial charge in [-0.2, -0.15) is 0 Å². The van der Waals surface area contributed by atoms with Crippen molar-refractivity contribution in [3.8, 4) is 0 Å². The van der Waals surface area contributed by atoms with Crippen LogP contribution in [0.4, 0.5) is 0 Å². The first-order valence-electron chi connectivity index (χ1n) is 4.63. The summed E-state index contributed by atoms with van der Waals surface area (Å²) in [5, 5.41) is 3.62. The van der Waals surface area contributed by atoms with E-state index in [1.807, 2.05) is 0 Å². The molecule has 1 heteroatoms. The summed E-state index contributed by atoms with van der Waals surface area (Å²) in [7, 11) is 0. The first-order valence-corrected chi connectivity index (χ1v) is 4.63. The van der Waals surface area contributed by atoms with Crippen molar-refractivity contribution >= 4 is 0 Å². The molecule has 1 nitrogen and oxygen atoms in total. The van der Waals surface area contributed by atoms with Crippen LogP contribution in [0.3, 0.4) is 0 Å². The lowest BCUT2D eigenvalue weighted by Gasteiger charge is -2.26. The highest BCUT2D eigenvalue weighted by atomic mass is 15.0. The van der Waals surface area contributed by atoms with Gasteiger partial charge in [0.2, 0.25) is 0 Å². The van der Waals surface area contributed by atoms with E-state index in [9.17, 15) is 0 Å². The summed E-state index contributed by atoms with van der Waals surface area (Å²) in [6, 6.07) is 0.892. The van der Waals surface area contributed by atoms with E-state index in [4.69, 9.17) is 0 Å². The zero-order valence-electron chi connectivity index (χ0n) is 6.77. The maximum atomic E-state index is 3.62. The van der Waals surface area contributed by atoms with Gasteiger partial charge < -0.3 is 5.32 Å². The summed E-state index contributed by atoms with van der Waals surface area (Å²) in [5.74, 6) is 2.03. The molecule has 3 atom stereocenters. The van der Waals surface area contributed by atoms with Crippen LogP contribution < -0.4 is 5.32 Å². The van der Waals surface area contributed by atoms with Gasteiger partial charge in [0, 0.05) is 6.04 Å². The molecule has 1 saturated heterocycles. The Morgan fingerprint density at radius 1 is 1.40 bits per heavy atom. The van der Waals surface area contributed by atoms with Crippen LogP contribution in [0.1, 0.15) is 32.6 Å². The van der Waals surface area contributed by atoms with Crippen LogP contribution in [0.5, 0.6) is 0 Å². The minimum atomic E-state index is 0.892. The SMILES string of the molecule is CCC1CCC2CNC1C2. The van der Waals surface area contributed by atoms with Crippen molar-refractivity contribution in [1.29, 1.82) is 0 Å². The third-order valence-electron chi connectivity index (χ3n) is 3.30. The zero-order chi connectivity index (χ0) is 6.97. The molecule has 2 fully saturated rings. The predicted octanol–water partition coefficient (Wildman–Crippen LogP) is 1.78. The number of nitrogens with one attached hydrogen (secondary N) is 1. The Morgan fingerprint density at radius 2 is 2.30 bits per heavy atom. The van der Waals surface area contributed by atoms with Crippen molar-refractivity contribution in [3.05, 3.63) is 0 Å². The molecule has 0 aromatic carbocycles. The minimum Gasteiger partial charge on any atom is -0.313 e. The van der Waals surface area contributed by atoms with Crippen LogP contribution >= 0.6 is 0 Å². The molecule has 1 heterocycles. The summed E-state index contributed by atoms with van der Waals surface area (Å²) < 4.78 is 0. The molecule has 58 valence electrons. The molecule has 0 aromatic heterocycles. The quantitative estimate of drug-likeness (QED) is 0.584. The maximum absolute atomic E-state index is 3.62. The van der Waals surface area contributed by atoms with Crippen LogP contribution in [0.2, 0.25) is 0 Å². The second kappa shape index (κ2) is 2.54. The van der Waals surface area contributed by atoms with Crippen molar-refractivity contribution in [2.24, 2.45) is 11.8 Å². The summed E-state index contributed by atoms with van der Waals surface area (Å²) >= 11 is 0. The molecule has 3 unspecified atom stereocenters. The van der Waals surface area contributed by atoms with Crippen LogP contribution in [0.15, 0.2) is 0 Å². The number of hydrogen-bond acceptors (Lipinski definition) is 1. The molecule has 1 aliphatic heterocycles. The van der Waals surface area contributed by atoms with Gasteiger partial charge in [-0.25, -0.2) is 0 Å². The van der Waals surface area contributed by atoms with E-state index in [2.05, 4.69) is 12.2 Å². The first-order chi connectivity index (χ1) is 4.90. The monoisotopic (exact) mass is 139 g/mol. The number of fused-ring (bicyclic) bond motifs is 2. The van der Waals surface area contributed by atoms with Gasteiger partial charge in [-0.05, 0) is 37.6 Å². The van der Waals surface area contributed by atoms with Crippen molar-refractivity contribution in [2.45, 2.75) is 38.6 Å². The highest BCUT2D eigenvalue weighted by Crippen LogP contribution is 2.34. The lowest BCUT2D eigenvalue weighted by atomic mass is 9.81. The molecule has 1 aliphatic carbocycles. The first kappa shape index (κ1) is 6.66. The van der Waals surface area contributed by atoms with E-state index in [1.165, 1.54) is 32.2 Å². The second-order valence-corrected chi connectivity index (χ2v) is 3.86. The van der Waals surface area contributed by atoms with Crippen molar-refractivity contribution in [1.82, 2.24) is 5.32 Å². The fraction of sp³-hybridized carbons (Fsp3) is 1.00. The molecule has 2 rings (SSSR count). The molecule has 0 radical (unpaired) electrons. The van der Waals surface area contributed by atoms with Crippen LogP contribution in [-0.2, 0) is 0 Å². The summed E-state index contributed by atoms with van der Waals surface area (Å²) in [4.78, 5) is 0. The number of rotatable bonds is 1. The van der Waals surface area contributed by atoms with Crippen molar-refractivity contribution in [3.63, 3.8) is 0 Å². The minimum absolute atomic E-state index is 0.892. The van der Waals surface area contributed by atoms with Gasteiger partial charge in [0.15, 0.2) is 0 Å². The fourth-order valence-corrected chi connectivity index (χ4v) is 2.56. The van der Waals surface area contributed by atoms with Gasteiger partial charge in [-0.3, -0.25) is 0 Å². The predicted molar refractivity (Wildman–Crippen MR) is 42.9 cm³/mol. The second-order valence-electron chi connectivity index (χ2n) is 3.86. The Balaban J connectivity index is 2.00. The van der Waals surface area contributed by atoms with E-state index in [0.717, 1.165) is 17.9 Å². The lowest BCUT2D eigenvalue weighted by molar-refractivity contribution is 0.287. The molecule has 0 spiro atoms. The molecular weight excluding hydrogens is 122 g/mol. The molecule has 10 heavy (non-hydrogen) atoms. The van der Waals surface area contributed by atoms with E-state index >= 15 is 0 Å². The average molecular weight is 139 g/mol. The average Bonchev–Trinajstić information content (AvgIpc) is 2.34. The Kier molecular flexibility index (Phi) is 1.69. The van der Waals surface area contributed by atoms with Gasteiger partial charge in [-0.1, -0.05) is 13.3 Å². The largest absolute Gasteiger partial charge is 0.313 e. The van der Waals surface area contributed by atoms with Gasteiger partial charge >= 0.3 is 0 Å². The Hall–Kier alpha value is -0.0400. The maximum Gasteiger partial charge on any atom is 0.00984 e. The molecule has 0 aromatic rings. The highest BCUT2D eigenvalue weighted by molar-refractivity contribution is 4.90. The summed E-state index contributed by atoms with van der Waals surface area (Å²) in [5.41, 5.74) is 0. The van der Waals surface area contributed by atoms with Crippen molar-refractivity contribution < 1.29 is 0 Å². The van der Waals surface area contributed by atoms with Gasteiger partial charge in [-0.15, -0.1) is 0 Å². The molecule has 1 N–H and O–H groups in total. The van der Waals surface area contributed by atoms with E-state index < -0.39 is 0 Å². The molecule has 0 amide bonds. The van der Waals surface area contributed by atoms with E-state index in [-0.39, 0.29) is 0 Å². The number of hydrogen-bond donors (Lipinski definition) is 1. The van der Waals surface area contributed by atoms with Crippen molar-refractivity contribution in [2.75, 3.05) is 6.54 Å². The van der Waals surface area contributed by atoms with Gasteiger partial charge in [0.05, 0.1) is 0 Å². The summed E-state index contributed by atoms with van der Waals surface area (Å²) in [6.45, 7) is 3.63. The van der Waals surface area contributed by atoms with Crippen LogP contribution in [-0.4, -0.2) is 12.6 Å². The third-order valence-corrected chi connectivity index (χ3v) is 3.30. The smallest absolute Gasteiger partial charge is 0.00984 e. The Morgan fingerprint density at radius 3 is 3.10 bits per heavy atom. The Bertz CT molecular complexity index is 122. The molecular formula is C9H17N. The van der Waals surface area contributed by atoms with E-state index in [1.54, 1.807) is 0 Å². The molecule has 2 aliphatic rings. The molecule has 1 saturated carbocycles. The van der Waals surface area contributed by atoms with Crippen LogP contribution in [0.25, 0.3) is 0 Å². The Labute approximate surface area is 63.2 Å². The fourth-order valence-electron chi connectivity index (χ4n) is 2.56. The van der Waals surface area contributed by atoms with E-state index in [0.29, 0.717) is 0 Å². The van der Waals surface area contributed by atoms with Gasteiger partial charge in [0.1, 0.15) is 0 Å². The normalized spacial score (nSPS) is 45.9. The summed E-state index contributed by atoms with van der Waals surface area (Å²) in [6.07, 6.45) is 5.82.